The van der Waals surface area contributed by atoms with Gasteiger partial charge in [-0.3, -0.25) is 4.79 Å². The van der Waals surface area contributed by atoms with E-state index < -0.39 is 5.41 Å². The van der Waals surface area contributed by atoms with Gasteiger partial charge in [0.05, 0.1) is 12.5 Å². The molecule has 1 aromatic heterocycles. The van der Waals surface area contributed by atoms with Gasteiger partial charge in [0.2, 0.25) is 5.91 Å². The van der Waals surface area contributed by atoms with E-state index in [1.54, 1.807) is 25.2 Å². The highest BCUT2D eigenvalue weighted by Crippen LogP contribution is 2.41. The molecule has 7 heteroatoms. The van der Waals surface area contributed by atoms with E-state index in [1.807, 2.05) is 60.1 Å². The average Bonchev–Trinajstić information content (AvgIpc) is 3.20. The van der Waals surface area contributed by atoms with Gasteiger partial charge in [-0.1, -0.05) is 31.4 Å². The molecule has 0 radical (unpaired) electrons. The van der Waals surface area contributed by atoms with Crippen LogP contribution < -0.4 is 10.1 Å². The first kappa shape index (κ1) is 20.5. The molecule has 0 atom stereocenters. The summed E-state index contributed by atoms with van der Waals surface area (Å²) in [6, 6.07) is 15.8. The number of benzene rings is 2. The van der Waals surface area contributed by atoms with Gasteiger partial charge in [-0.2, -0.15) is 0 Å². The lowest BCUT2D eigenvalue weighted by atomic mass is 9.68. The Kier molecular flexibility index (Phi) is 6.08. The maximum absolute atomic E-state index is 13.5. The Morgan fingerprint density at radius 2 is 1.77 bits per heavy atom. The van der Waals surface area contributed by atoms with Crippen LogP contribution in [0.15, 0.2) is 64.9 Å². The molecule has 2 aromatic carbocycles. The van der Waals surface area contributed by atoms with Crippen molar-refractivity contribution in [2.24, 2.45) is 7.05 Å². The molecule has 0 spiro atoms. The van der Waals surface area contributed by atoms with Crippen LogP contribution in [0.5, 0.6) is 5.75 Å². The standard InChI is InChI=1S/C23H26N4O2S/c1-27-16-24-26-22(27)30-20-12-8-18(9-13-20)25-21(28)23(14-4-3-5-15-23)17-6-10-19(29-2)11-7-17/h6-13,16H,3-5,14-15H2,1-2H3,(H,25,28). The maximum Gasteiger partial charge on any atom is 0.235 e. The summed E-state index contributed by atoms with van der Waals surface area (Å²) in [5.74, 6) is 0.877. The van der Waals surface area contributed by atoms with Gasteiger partial charge in [0.15, 0.2) is 5.16 Å². The van der Waals surface area contributed by atoms with Crippen LogP contribution in [0.2, 0.25) is 0 Å². The van der Waals surface area contributed by atoms with Crippen molar-refractivity contribution < 1.29 is 9.53 Å². The van der Waals surface area contributed by atoms with Crippen molar-refractivity contribution in [3.05, 3.63) is 60.4 Å². The van der Waals surface area contributed by atoms with Crippen molar-refractivity contribution in [1.29, 1.82) is 0 Å². The van der Waals surface area contributed by atoms with Gasteiger partial charge >= 0.3 is 0 Å². The lowest BCUT2D eigenvalue weighted by Crippen LogP contribution is -2.42. The Balaban J connectivity index is 1.51. The van der Waals surface area contributed by atoms with Crippen LogP contribution in [0, 0.1) is 0 Å². The number of methoxy groups -OCH3 is 1. The normalized spacial score (nSPS) is 15.5. The van der Waals surface area contributed by atoms with E-state index in [2.05, 4.69) is 15.5 Å². The van der Waals surface area contributed by atoms with Crippen LogP contribution in [0.3, 0.4) is 0 Å². The second kappa shape index (κ2) is 8.92. The van der Waals surface area contributed by atoms with Crippen LogP contribution >= 0.6 is 11.8 Å². The highest BCUT2D eigenvalue weighted by molar-refractivity contribution is 7.99. The zero-order chi connectivity index (χ0) is 21.0. The summed E-state index contributed by atoms with van der Waals surface area (Å²) in [7, 11) is 3.57. The van der Waals surface area contributed by atoms with Crippen LogP contribution in [-0.4, -0.2) is 27.8 Å². The molecule has 30 heavy (non-hydrogen) atoms. The first-order valence-corrected chi connectivity index (χ1v) is 11.0. The van der Waals surface area contributed by atoms with Gasteiger partial charge in [-0.15, -0.1) is 10.2 Å². The van der Waals surface area contributed by atoms with Crippen molar-refractivity contribution in [3.8, 4) is 5.75 Å². The minimum atomic E-state index is -0.490. The number of carbonyl (C=O) groups is 1. The summed E-state index contributed by atoms with van der Waals surface area (Å²) in [5, 5.41) is 12.0. The van der Waals surface area contributed by atoms with Gasteiger partial charge in [0.1, 0.15) is 12.1 Å². The number of aryl methyl sites for hydroxylation is 1. The van der Waals surface area contributed by atoms with Crippen molar-refractivity contribution in [1.82, 2.24) is 14.8 Å². The number of carbonyl (C=O) groups excluding carboxylic acids is 1. The predicted molar refractivity (Wildman–Crippen MR) is 118 cm³/mol. The molecule has 1 heterocycles. The number of nitrogens with zero attached hydrogens (tertiary/aromatic N) is 3. The molecular weight excluding hydrogens is 396 g/mol. The van der Waals surface area contributed by atoms with E-state index >= 15 is 0 Å². The van der Waals surface area contributed by atoms with Crippen LogP contribution in [0.4, 0.5) is 5.69 Å². The quantitative estimate of drug-likeness (QED) is 0.617. The predicted octanol–water partition coefficient (Wildman–Crippen LogP) is 4.82. The SMILES string of the molecule is COc1ccc(C2(C(=O)Nc3ccc(Sc4nncn4C)cc3)CCCCC2)cc1. The lowest BCUT2D eigenvalue weighted by molar-refractivity contribution is -0.122. The van der Waals surface area contributed by atoms with Crippen molar-refractivity contribution >= 4 is 23.4 Å². The van der Waals surface area contributed by atoms with E-state index in [0.29, 0.717) is 0 Å². The summed E-state index contributed by atoms with van der Waals surface area (Å²) in [5.41, 5.74) is 1.38. The number of aromatic nitrogens is 3. The molecule has 1 saturated carbocycles. The second-order valence-electron chi connectivity index (χ2n) is 7.68. The number of rotatable bonds is 6. The molecule has 156 valence electrons. The van der Waals surface area contributed by atoms with Crippen molar-refractivity contribution in [3.63, 3.8) is 0 Å². The summed E-state index contributed by atoms with van der Waals surface area (Å²) in [6.07, 6.45) is 6.72. The van der Waals surface area contributed by atoms with Gasteiger partial charge < -0.3 is 14.6 Å². The number of ether oxygens (including phenoxy) is 1. The molecular formula is C23H26N4O2S. The van der Waals surface area contributed by atoms with Gasteiger partial charge in [-0.05, 0) is 66.6 Å². The highest BCUT2D eigenvalue weighted by atomic mass is 32.2. The lowest BCUT2D eigenvalue weighted by Gasteiger charge is -2.36. The molecule has 1 fully saturated rings. The Morgan fingerprint density at radius 1 is 1.07 bits per heavy atom. The third-order valence-corrected chi connectivity index (χ3v) is 6.84. The van der Waals surface area contributed by atoms with E-state index in [0.717, 1.165) is 52.7 Å². The molecule has 0 unspecified atom stereocenters. The zero-order valence-corrected chi connectivity index (χ0v) is 18.1. The number of anilines is 1. The van der Waals surface area contributed by atoms with Crippen molar-refractivity contribution in [2.45, 2.75) is 47.6 Å². The summed E-state index contributed by atoms with van der Waals surface area (Å²) in [6.45, 7) is 0. The molecule has 1 amide bonds. The molecule has 0 saturated heterocycles. The third kappa shape index (κ3) is 4.21. The van der Waals surface area contributed by atoms with E-state index in [9.17, 15) is 4.79 Å². The fourth-order valence-electron chi connectivity index (χ4n) is 4.04. The Bertz CT molecular complexity index is 993. The topological polar surface area (TPSA) is 69.0 Å². The van der Waals surface area contributed by atoms with E-state index in [4.69, 9.17) is 4.74 Å². The fraction of sp³-hybridized carbons (Fsp3) is 0.348. The molecule has 0 aliphatic heterocycles. The van der Waals surface area contributed by atoms with Gasteiger partial charge in [0.25, 0.3) is 0 Å². The molecule has 1 aliphatic carbocycles. The Hall–Kier alpha value is -2.80. The molecule has 3 aromatic rings. The number of hydrogen-bond acceptors (Lipinski definition) is 5. The zero-order valence-electron chi connectivity index (χ0n) is 17.3. The Morgan fingerprint density at radius 3 is 2.37 bits per heavy atom. The van der Waals surface area contributed by atoms with Crippen LogP contribution in [0.25, 0.3) is 0 Å². The fourth-order valence-corrected chi connectivity index (χ4v) is 4.80. The molecule has 0 bridgehead atoms. The average molecular weight is 423 g/mol. The van der Waals surface area contributed by atoms with Crippen molar-refractivity contribution in [2.75, 3.05) is 12.4 Å². The Labute approximate surface area is 181 Å². The number of nitrogens with one attached hydrogen (secondary N) is 1. The molecule has 6 nitrogen and oxygen atoms in total. The molecule has 4 rings (SSSR count). The monoisotopic (exact) mass is 422 g/mol. The molecule has 1 N–H and O–H groups in total. The van der Waals surface area contributed by atoms with Crippen LogP contribution in [0.1, 0.15) is 37.7 Å². The summed E-state index contributed by atoms with van der Waals surface area (Å²) < 4.78 is 7.17. The summed E-state index contributed by atoms with van der Waals surface area (Å²) in [4.78, 5) is 14.5. The first-order chi connectivity index (χ1) is 14.6. The highest BCUT2D eigenvalue weighted by Gasteiger charge is 2.41. The van der Waals surface area contributed by atoms with E-state index in [1.165, 1.54) is 6.42 Å². The van der Waals surface area contributed by atoms with Crippen LogP contribution in [-0.2, 0) is 17.3 Å². The second-order valence-corrected chi connectivity index (χ2v) is 8.72. The minimum absolute atomic E-state index is 0.0704. The molecule has 1 aliphatic rings. The smallest absolute Gasteiger partial charge is 0.235 e. The van der Waals surface area contributed by atoms with Gasteiger partial charge in [0, 0.05) is 17.6 Å². The largest absolute Gasteiger partial charge is 0.497 e. The summed E-state index contributed by atoms with van der Waals surface area (Å²) >= 11 is 1.54. The van der Waals surface area contributed by atoms with E-state index in [-0.39, 0.29) is 5.91 Å². The maximum atomic E-state index is 13.5. The third-order valence-electron chi connectivity index (χ3n) is 5.78. The number of hydrogen-bond donors (Lipinski definition) is 1. The number of amides is 1. The minimum Gasteiger partial charge on any atom is -0.497 e. The first-order valence-electron chi connectivity index (χ1n) is 10.2. The van der Waals surface area contributed by atoms with Gasteiger partial charge in [-0.25, -0.2) is 0 Å².